The van der Waals surface area contributed by atoms with Crippen LogP contribution in [0.25, 0.3) is 93.6 Å². The summed E-state index contributed by atoms with van der Waals surface area (Å²) in [7, 11) is 0. The quantitative estimate of drug-likeness (QED) is 0.161. The van der Waals surface area contributed by atoms with Gasteiger partial charge in [0, 0.05) is 49.6 Å². The van der Waals surface area contributed by atoms with E-state index in [1.165, 1.54) is 49.3 Å². The van der Waals surface area contributed by atoms with Gasteiger partial charge in [-0.15, -0.1) is 0 Å². The highest BCUT2D eigenvalue weighted by Gasteiger charge is 2.21. The standard InChI is InChI=1S/C58H38N2O/c1-2-17-44-39(15-1)16-13-23-45(44)40-31-35-42(36-32-40)59(54-27-9-6-21-49(54)51-24-14-25-52-50-22-7-12-30-57(50)61-58(51)52)43-37-33-41(34-38-43)46-18-3-8-26-53(46)60-55-28-10-4-19-47(55)48-20-5-11-29-56(48)60/h1-38H. The number of aromatic nitrogens is 1. The average molecular weight is 779 g/mol. The first-order chi connectivity index (χ1) is 30.3. The Morgan fingerprint density at radius 2 is 0.820 bits per heavy atom. The average Bonchev–Trinajstić information content (AvgIpc) is 3.88. The van der Waals surface area contributed by atoms with Gasteiger partial charge in [0.15, 0.2) is 0 Å². The van der Waals surface area contributed by atoms with Crippen LogP contribution in [0.3, 0.4) is 0 Å². The molecule has 0 spiro atoms. The van der Waals surface area contributed by atoms with E-state index in [2.05, 4.69) is 234 Å². The molecule has 0 saturated heterocycles. The molecule has 0 amide bonds. The zero-order valence-electron chi connectivity index (χ0n) is 33.2. The molecule has 3 heteroatoms. The lowest BCUT2D eigenvalue weighted by atomic mass is 9.97. The van der Waals surface area contributed by atoms with Crippen LogP contribution in [0, 0.1) is 0 Å². The zero-order valence-corrected chi connectivity index (χ0v) is 33.2. The van der Waals surface area contributed by atoms with Gasteiger partial charge in [-0.1, -0.05) is 176 Å². The van der Waals surface area contributed by atoms with Crippen LogP contribution < -0.4 is 4.90 Å². The third kappa shape index (κ3) is 5.74. The summed E-state index contributed by atoms with van der Waals surface area (Å²) in [6, 6.07) is 82.8. The van der Waals surface area contributed by atoms with Crippen molar-refractivity contribution in [2.75, 3.05) is 4.90 Å². The van der Waals surface area contributed by atoms with E-state index in [1.807, 2.05) is 6.07 Å². The van der Waals surface area contributed by atoms with Crippen LogP contribution in [0.2, 0.25) is 0 Å². The van der Waals surface area contributed by atoms with E-state index in [1.54, 1.807) is 0 Å². The van der Waals surface area contributed by atoms with Crippen molar-refractivity contribution < 1.29 is 4.42 Å². The second kappa shape index (κ2) is 14.3. The Morgan fingerprint density at radius 3 is 1.56 bits per heavy atom. The van der Waals surface area contributed by atoms with Gasteiger partial charge < -0.3 is 13.9 Å². The van der Waals surface area contributed by atoms with Crippen LogP contribution in [0.4, 0.5) is 17.1 Å². The first-order valence-corrected chi connectivity index (χ1v) is 20.8. The Bertz CT molecular complexity index is 3530. The first-order valence-electron chi connectivity index (χ1n) is 20.8. The minimum absolute atomic E-state index is 0.888. The summed E-state index contributed by atoms with van der Waals surface area (Å²) in [6.07, 6.45) is 0. The molecule has 0 radical (unpaired) electrons. The van der Waals surface area contributed by atoms with Crippen LogP contribution >= 0.6 is 0 Å². The van der Waals surface area contributed by atoms with E-state index >= 15 is 0 Å². The number of nitrogens with zero attached hydrogens (tertiary/aromatic N) is 2. The summed E-state index contributed by atoms with van der Waals surface area (Å²) in [5.41, 5.74) is 15.4. The molecule has 0 fully saturated rings. The van der Waals surface area contributed by atoms with Crippen molar-refractivity contribution >= 4 is 71.6 Å². The molecule has 2 aromatic heterocycles. The van der Waals surface area contributed by atoms with E-state index in [-0.39, 0.29) is 0 Å². The van der Waals surface area contributed by atoms with E-state index in [0.29, 0.717) is 0 Å². The molecule has 2 heterocycles. The highest BCUT2D eigenvalue weighted by molar-refractivity contribution is 6.11. The van der Waals surface area contributed by atoms with Gasteiger partial charge in [-0.2, -0.15) is 0 Å². The Labute approximate surface area is 353 Å². The van der Waals surface area contributed by atoms with Crippen molar-refractivity contribution in [2.24, 2.45) is 0 Å². The van der Waals surface area contributed by atoms with Gasteiger partial charge in [-0.25, -0.2) is 0 Å². The highest BCUT2D eigenvalue weighted by Crippen LogP contribution is 2.45. The smallest absolute Gasteiger partial charge is 0.143 e. The number of para-hydroxylation sites is 6. The normalized spacial score (nSPS) is 11.6. The molecule has 0 unspecified atom stereocenters. The number of rotatable bonds is 7. The SMILES string of the molecule is c1ccc(N(c2ccc(-c3ccccc3-n3c4ccccc4c4ccccc43)cc2)c2ccc(-c3cccc4ccccc34)cc2)c(-c2cccc3c2oc2ccccc23)c1. The van der Waals surface area contributed by atoms with Gasteiger partial charge in [-0.05, 0) is 82.1 Å². The Balaban J connectivity index is 1.02. The van der Waals surface area contributed by atoms with Crippen LogP contribution in [0.5, 0.6) is 0 Å². The molecule has 0 aliphatic rings. The Hall–Kier alpha value is -8.14. The first kappa shape index (κ1) is 34.9. The van der Waals surface area contributed by atoms with Gasteiger partial charge in [-0.3, -0.25) is 0 Å². The van der Waals surface area contributed by atoms with Crippen molar-refractivity contribution in [3.05, 3.63) is 231 Å². The third-order valence-corrected chi connectivity index (χ3v) is 12.2. The molecular formula is C58H38N2O. The molecule has 3 nitrogen and oxygen atoms in total. The molecule has 61 heavy (non-hydrogen) atoms. The maximum Gasteiger partial charge on any atom is 0.143 e. The zero-order chi connectivity index (χ0) is 40.3. The molecule has 12 aromatic rings. The number of fused-ring (bicyclic) bond motifs is 7. The second-order valence-electron chi connectivity index (χ2n) is 15.6. The summed E-state index contributed by atoms with van der Waals surface area (Å²) in [5.74, 6) is 0. The summed E-state index contributed by atoms with van der Waals surface area (Å²) in [5, 5.41) is 7.22. The number of benzene rings is 10. The van der Waals surface area contributed by atoms with Crippen molar-refractivity contribution in [2.45, 2.75) is 0 Å². The lowest BCUT2D eigenvalue weighted by Crippen LogP contribution is -2.11. The van der Waals surface area contributed by atoms with Crippen LogP contribution in [-0.4, -0.2) is 4.57 Å². The fourth-order valence-corrected chi connectivity index (χ4v) is 9.43. The van der Waals surface area contributed by atoms with Gasteiger partial charge in [0.1, 0.15) is 11.2 Å². The summed E-state index contributed by atoms with van der Waals surface area (Å²) >= 11 is 0. The molecule has 0 N–H and O–H groups in total. The molecule has 286 valence electrons. The monoisotopic (exact) mass is 778 g/mol. The largest absolute Gasteiger partial charge is 0.455 e. The van der Waals surface area contributed by atoms with Crippen molar-refractivity contribution in [3.8, 4) is 39.1 Å². The minimum Gasteiger partial charge on any atom is -0.455 e. The predicted octanol–water partition coefficient (Wildman–Crippen LogP) is 16.3. The molecule has 12 rings (SSSR count). The van der Waals surface area contributed by atoms with Crippen molar-refractivity contribution in [3.63, 3.8) is 0 Å². The van der Waals surface area contributed by atoms with Gasteiger partial charge in [0.05, 0.1) is 22.4 Å². The molecular weight excluding hydrogens is 741 g/mol. The van der Waals surface area contributed by atoms with Crippen LogP contribution in [0.15, 0.2) is 235 Å². The van der Waals surface area contributed by atoms with Crippen molar-refractivity contribution in [1.82, 2.24) is 4.57 Å². The van der Waals surface area contributed by atoms with E-state index in [4.69, 9.17) is 4.42 Å². The van der Waals surface area contributed by atoms with E-state index < -0.39 is 0 Å². The van der Waals surface area contributed by atoms with E-state index in [9.17, 15) is 0 Å². The lowest BCUT2D eigenvalue weighted by Gasteiger charge is -2.28. The molecule has 0 bridgehead atoms. The van der Waals surface area contributed by atoms with Crippen LogP contribution in [0.1, 0.15) is 0 Å². The minimum atomic E-state index is 0.888. The Kier molecular flexibility index (Phi) is 8.17. The molecule has 10 aromatic carbocycles. The highest BCUT2D eigenvalue weighted by atomic mass is 16.3. The maximum atomic E-state index is 6.62. The molecule has 0 saturated carbocycles. The number of hydrogen-bond donors (Lipinski definition) is 0. The number of hydrogen-bond acceptors (Lipinski definition) is 2. The van der Waals surface area contributed by atoms with Gasteiger partial charge in [0.2, 0.25) is 0 Å². The van der Waals surface area contributed by atoms with Crippen molar-refractivity contribution in [1.29, 1.82) is 0 Å². The maximum absolute atomic E-state index is 6.62. The fourth-order valence-electron chi connectivity index (χ4n) is 9.43. The Morgan fingerprint density at radius 1 is 0.328 bits per heavy atom. The predicted molar refractivity (Wildman–Crippen MR) is 257 cm³/mol. The summed E-state index contributed by atoms with van der Waals surface area (Å²) in [6.45, 7) is 0. The number of furan rings is 1. The summed E-state index contributed by atoms with van der Waals surface area (Å²) < 4.78 is 9.03. The van der Waals surface area contributed by atoms with E-state index in [0.717, 1.165) is 61.4 Å². The van der Waals surface area contributed by atoms with Gasteiger partial charge in [0.25, 0.3) is 0 Å². The third-order valence-electron chi connectivity index (χ3n) is 12.2. The molecule has 0 aliphatic carbocycles. The van der Waals surface area contributed by atoms with Gasteiger partial charge >= 0.3 is 0 Å². The van der Waals surface area contributed by atoms with Crippen LogP contribution in [-0.2, 0) is 0 Å². The molecule has 0 aliphatic heterocycles. The number of anilines is 3. The lowest BCUT2D eigenvalue weighted by molar-refractivity contribution is 0.670. The second-order valence-corrected chi connectivity index (χ2v) is 15.6. The summed E-state index contributed by atoms with van der Waals surface area (Å²) in [4.78, 5) is 2.38. The molecule has 0 atom stereocenters. The fraction of sp³-hybridized carbons (Fsp3) is 0. The topological polar surface area (TPSA) is 21.3 Å².